The van der Waals surface area contributed by atoms with E-state index in [1.54, 1.807) is 0 Å². The molecule has 0 bridgehead atoms. The molecule has 1 heterocycles. The molecule has 0 radical (unpaired) electrons. The van der Waals surface area contributed by atoms with E-state index in [9.17, 15) is 0 Å². The largest absolute Gasteiger partial charge is 0.317 e. The van der Waals surface area contributed by atoms with Crippen LogP contribution in [-0.4, -0.2) is 62.7 Å². The van der Waals surface area contributed by atoms with Gasteiger partial charge in [-0.25, -0.2) is 0 Å². The first kappa shape index (κ1) is 13.3. The maximum atomic E-state index is 3.43. The number of hydrogen-bond donors (Lipinski definition) is 1. The van der Waals surface area contributed by atoms with Crippen LogP contribution < -0.4 is 5.32 Å². The summed E-state index contributed by atoms with van der Waals surface area (Å²) in [4.78, 5) is 5.09. The third-order valence-electron chi connectivity index (χ3n) is 4.60. The van der Waals surface area contributed by atoms with Crippen molar-refractivity contribution >= 4 is 0 Å². The van der Waals surface area contributed by atoms with Crippen LogP contribution in [0.5, 0.6) is 0 Å². The number of hydrogen-bond acceptors (Lipinski definition) is 3. The monoisotopic (exact) mass is 239 g/mol. The molecule has 3 nitrogen and oxygen atoms in total. The molecular weight excluding hydrogens is 210 g/mol. The average Bonchev–Trinajstić information content (AvgIpc) is 2.78. The zero-order chi connectivity index (χ0) is 12.3. The molecule has 0 aromatic heterocycles. The lowest BCUT2D eigenvalue weighted by atomic mass is 9.95. The van der Waals surface area contributed by atoms with Crippen LogP contribution in [0.15, 0.2) is 0 Å². The Hall–Kier alpha value is -0.120. The van der Waals surface area contributed by atoms with Crippen LogP contribution in [0.25, 0.3) is 0 Å². The topological polar surface area (TPSA) is 18.5 Å². The third kappa shape index (κ3) is 3.67. The highest BCUT2D eigenvalue weighted by Crippen LogP contribution is 2.28. The van der Waals surface area contributed by atoms with E-state index in [1.807, 2.05) is 0 Å². The molecule has 0 spiro atoms. The minimum atomic E-state index is 0.777. The summed E-state index contributed by atoms with van der Waals surface area (Å²) in [6.45, 7) is 3.94. The van der Waals surface area contributed by atoms with Crippen LogP contribution in [0.4, 0.5) is 0 Å². The van der Waals surface area contributed by atoms with Gasteiger partial charge in [0.05, 0.1) is 0 Å². The molecule has 2 unspecified atom stereocenters. The van der Waals surface area contributed by atoms with E-state index in [0.717, 1.165) is 18.0 Å². The van der Waals surface area contributed by atoms with Crippen LogP contribution in [0.1, 0.15) is 32.1 Å². The zero-order valence-corrected chi connectivity index (χ0v) is 11.8. The molecule has 1 N–H and O–H groups in total. The SMILES string of the molecule is CNC1CCC(N2CCC(CN(C)C)CC2)C1. The molecule has 2 aliphatic rings. The maximum absolute atomic E-state index is 3.43. The lowest BCUT2D eigenvalue weighted by Gasteiger charge is -2.37. The number of likely N-dealkylation sites (tertiary alicyclic amines) is 1. The lowest BCUT2D eigenvalue weighted by Crippen LogP contribution is -2.42. The Kier molecular flexibility index (Phi) is 4.83. The van der Waals surface area contributed by atoms with E-state index in [4.69, 9.17) is 0 Å². The molecule has 1 saturated carbocycles. The van der Waals surface area contributed by atoms with Crippen molar-refractivity contribution in [2.75, 3.05) is 40.8 Å². The van der Waals surface area contributed by atoms with Gasteiger partial charge in [0.15, 0.2) is 0 Å². The second-order valence-corrected chi connectivity index (χ2v) is 6.19. The highest BCUT2D eigenvalue weighted by molar-refractivity contribution is 4.88. The smallest absolute Gasteiger partial charge is 0.0111 e. The molecule has 0 aromatic carbocycles. The minimum absolute atomic E-state index is 0.777. The summed E-state index contributed by atoms with van der Waals surface area (Å²) < 4.78 is 0. The molecule has 0 amide bonds. The lowest BCUT2D eigenvalue weighted by molar-refractivity contribution is 0.120. The van der Waals surface area contributed by atoms with Crippen LogP contribution in [0.2, 0.25) is 0 Å². The molecule has 100 valence electrons. The molecule has 1 saturated heterocycles. The molecule has 0 aromatic rings. The van der Waals surface area contributed by atoms with E-state index in [0.29, 0.717) is 0 Å². The summed E-state index contributed by atoms with van der Waals surface area (Å²) in [6.07, 6.45) is 6.95. The molecule has 1 aliphatic carbocycles. The predicted octanol–water partition coefficient (Wildman–Crippen LogP) is 1.40. The van der Waals surface area contributed by atoms with Crippen molar-refractivity contribution in [1.29, 1.82) is 0 Å². The van der Waals surface area contributed by atoms with Crippen molar-refractivity contribution in [3.63, 3.8) is 0 Å². The number of nitrogens with zero attached hydrogens (tertiary/aromatic N) is 2. The zero-order valence-electron chi connectivity index (χ0n) is 11.8. The minimum Gasteiger partial charge on any atom is -0.317 e. The second-order valence-electron chi connectivity index (χ2n) is 6.19. The summed E-state index contributed by atoms with van der Waals surface area (Å²) in [5.41, 5.74) is 0. The third-order valence-corrected chi connectivity index (χ3v) is 4.60. The Morgan fingerprint density at radius 1 is 1.12 bits per heavy atom. The van der Waals surface area contributed by atoms with Gasteiger partial charge in [-0.1, -0.05) is 0 Å². The molecule has 2 rings (SSSR count). The molecule has 3 heteroatoms. The van der Waals surface area contributed by atoms with Crippen molar-refractivity contribution in [3.8, 4) is 0 Å². The van der Waals surface area contributed by atoms with Crippen molar-refractivity contribution in [2.45, 2.75) is 44.2 Å². The Morgan fingerprint density at radius 3 is 2.35 bits per heavy atom. The second kappa shape index (κ2) is 6.17. The quantitative estimate of drug-likeness (QED) is 0.800. The van der Waals surface area contributed by atoms with Gasteiger partial charge in [0.25, 0.3) is 0 Å². The van der Waals surface area contributed by atoms with E-state index in [-0.39, 0.29) is 0 Å². The molecule has 2 atom stereocenters. The van der Waals surface area contributed by atoms with Crippen LogP contribution in [-0.2, 0) is 0 Å². The van der Waals surface area contributed by atoms with E-state index in [2.05, 4.69) is 36.3 Å². The molecule has 17 heavy (non-hydrogen) atoms. The van der Waals surface area contributed by atoms with Gasteiger partial charge in [-0.05, 0) is 72.3 Å². The number of piperidine rings is 1. The van der Waals surface area contributed by atoms with E-state index >= 15 is 0 Å². The van der Waals surface area contributed by atoms with Gasteiger partial charge in [0.1, 0.15) is 0 Å². The first-order valence-electron chi connectivity index (χ1n) is 7.25. The average molecular weight is 239 g/mol. The van der Waals surface area contributed by atoms with Gasteiger partial charge in [-0.3, -0.25) is 0 Å². The van der Waals surface area contributed by atoms with Gasteiger partial charge < -0.3 is 15.1 Å². The molecule has 2 fully saturated rings. The summed E-state index contributed by atoms with van der Waals surface area (Å²) >= 11 is 0. The fraction of sp³-hybridized carbons (Fsp3) is 1.00. The van der Waals surface area contributed by atoms with Gasteiger partial charge >= 0.3 is 0 Å². The summed E-state index contributed by atoms with van der Waals surface area (Å²) in [6, 6.07) is 1.65. The van der Waals surface area contributed by atoms with Gasteiger partial charge in [-0.15, -0.1) is 0 Å². The number of rotatable bonds is 4. The normalized spacial score (nSPS) is 32.5. The summed E-state index contributed by atoms with van der Waals surface area (Å²) in [5.74, 6) is 0.933. The Bertz CT molecular complexity index is 222. The highest BCUT2D eigenvalue weighted by Gasteiger charge is 2.30. The maximum Gasteiger partial charge on any atom is 0.0111 e. The summed E-state index contributed by atoms with van der Waals surface area (Å²) in [5, 5.41) is 3.43. The van der Waals surface area contributed by atoms with E-state index < -0.39 is 0 Å². The van der Waals surface area contributed by atoms with Gasteiger partial charge in [0.2, 0.25) is 0 Å². The van der Waals surface area contributed by atoms with Crippen molar-refractivity contribution < 1.29 is 0 Å². The fourth-order valence-electron chi connectivity index (χ4n) is 3.57. The Labute approximate surface area is 107 Å². The van der Waals surface area contributed by atoms with Crippen LogP contribution in [0.3, 0.4) is 0 Å². The number of nitrogens with one attached hydrogen (secondary N) is 1. The molecular formula is C14H29N3. The van der Waals surface area contributed by atoms with Gasteiger partial charge in [0, 0.05) is 18.6 Å². The first-order valence-corrected chi connectivity index (χ1v) is 7.25. The summed E-state index contributed by atoms with van der Waals surface area (Å²) in [7, 11) is 6.50. The standard InChI is InChI=1S/C14H29N3/c1-15-13-4-5-14(10-13)17-8-6-12(7-9-17)11-16(2)3/h12-15H,4-11H2,1-3H3. The fourth-order valence-corrected chi connectivity index (χ4v) is 3.57. The Morgan fingerprint density at radius 2 is 1.82 bits per heavy atom. The van der Waals surface area contributed by atoms with Crippen molar-refractivity contribution in [3.05, 3.63) is 0 Å². The van der Waals surface area contributed by atoms with Crippen molar-refractivity contribution in [1.82, 2.24) is 15.1 Å². The van der Waals surface area contributed by atoms with Crippen molar-refractivity contribution in [2.24, 2.45) is 5.92 Å². The first-order chi connectivity index (χ1) is 8.19. The molecule has 1 aliphatic heterocycles. The predicted molar refractivity (Wildman–Crippen MR) is 73.3 cm³/mol. The highest BCUT2D eigenvalue weighted by atomic mass is 15.2. The van der Waals surface area contributed by atoms with E-state index in [1.165, 1.54) is 51.7 Å². The Balaban J connectivity index is 1.72. The van der Waals surface area contributed by atoms with Gasteiger partial charge in [-0.2, -0.15) is 0 Å². The van der Waals surface area contributed by atoms with Crippen LogP contribution in [0, 0.1) is 5.92 Å². The van der Waals surface area contributed by atoms with Crippen LogP contribution >= 0.6 is 0 Å².